The van der Waals surface area contributed by atoms with Gasteiger partial charge in [0.05, 0.1) is 12.2 Å². The van der Waals surface area contributed by atoms with Crippen LogP contribution in [-0.2, 0) is 25.5 Å². The molecule has 2 rings (SSSR count). The number of carbonyl (C=O) groups excluding carboxylic acids is 4. The highest BCUT2D eigenvalue weighted by atomic mass is 32.2. The summed E-state index contributed by atoms with van der Waals surface area (Å²) in [7, 11) is 0. The molecule has 1 aliphatic heterocycles. The van der Waals surface area contributed by atoms with Crippen molar-refractivity contribution in [3.63, 3.8) is 0 Å². The van der Waals surface area contributed by atoms with Crippen LogP contribution in [0, 0.1) is 13.8 Å². The Hall–Kier alpha value is -2.35. The number of nitrogens with zero attached hydrogens (tertiary/aromatic N) is 1. The molecule has 7 nitrogen and oxygen atoms in total. The van der Waals surface area contributed by atoms with Gasteiger partial charge in [-0.25, -0.2) is 0 Å². The third-order valence-electron chi connectivity index (χ3n) is 4.07. The van der Waals surface area contributed by atoms with Crippen LogP contribution < -0.4 is 5.32 Å². The molecular weight excluding hydrogens is 356 g/mol. The minimum absolute atomic E-state index is 0.0900. The number of amides is 3. The highest BCUT2D eigenvalue weighted by Crippen LogP contribution is 2.17. The maximum Gasteiger partial charge on any atom is 0.311 e. The van der Waals surface area contributed by atoms with Crippen LogP contribution in [0.1, 0.15) is 23.6 Å². The Morgan fingerprint density at radius 1 is 1.27 bits per heavy atom. The van der Waals surface area contributed by atoms with Crippen molar-refractivity contribution in [2.24, 2.45) is 0 Å². The lowest BCUT2D eigenvalue weighted by molar-refractivity contribution is -0.154. The Morgan fingerprint density at radius 2 is 2.00 bits per heavy atom. The lowest BCUT2D eigenvalue weighted by Gasteiger charge is -2.16. The van der Waals surface area contributed by atoms with Crippen LogP contribution in [0.2, 0.25) is 0 Å². The summed E-state index contributed by atoms with van der Waals surface area (Å²) in [5.74, 6) is -1.08. The van der Waals surface area contributed by atoms with Crippen molar-refractivity contribution in [2.45, 2.75) is 33.3 Å². The third-order valence-corrected chi connectivity index (χ3v) is 4.93. The summed E-state index contributed by atoms with van der Waals surface area (Å²) in [6.45, 7) is 5.67. The first-order valence-electron chi connectivity index (χ1n) is 8.28. The van der Waals surface area contributed by atoms with Gasteiger partial charge in [0.25, 0.3) is 11.1 Å². The van der Waals surface area contributed by atoms with Gasteiger partial charge >= 0.3 is 5.97 Å². The molecule has 0 unspecified atom stereocenters. The standard InChI is InChI=1S/C18H22N2O5S/c1-11-4-5-14(8-12(11)2)9-16(22)25-13(3)17(23)19-6-7-20-15(21)10-26-18(20)24/h4-5,8,13H,6-7,9-10H2,1-3H3,(H,19,23)/t13-/m1/s1. The van der Waals surface area contributed by atoms with Gasteiger partial charge in [-0.2, -0.15) is 0 Å². The number of imide groups is 1. The maximum absolute atomic E-state index is 12.0. The van der Waals surface area contributed by atoms with Gasteiger partial charge in [-0.15, -0.1) is 0 Å². The molecule has 1 heterocycles. The first-order chi connectivity index (χ1) is 12.3. The highest BCUT2D eigenvalue weighted by molar-refractivity contribution is 8.14. The molecule has 140 valence electrons. The van der Waals surface area contributed by atoms with E-state index in [0.717, 1.165) is 33.4 Å². The molecule has 1 saturated heterocycles. The Labute approximate surface area is 156 Å². The zero-order valence-electron chi connectivity index (χ0n) is 15.0. The second-order valence-electron chi connectivity index (χ2n) is 6.12. The van der Waals surface area contributed by atoms with Gasteiger partial charge < -0.3 is 10.1 Å². The molecule has 3 amide bonds. The van der Waals surface area contributed by atoms with Gasteiger partial charge in [-0.3, -0.25) is 24.1 Å². The van der Waals surface area contributed by atoms with Crippen LogP contribution in [0.15, 0.2) is 18.2 Å². The SMILES string of the molecule is Cc1ccc(CC(=O)O[C@H](C)C(=O)NCCN2C(=O)CSC2=O)cc1C. The summed E-state index contributed by atoms with van der Waals surface area (Å²) in [5, 5.41) is 2.26. The molecule has 1 atom stereocenters. The van der Waals surface area contributed by atoms with Crippen molar-refractivity contribution in [1.29, 1.82) is 0 Å². The normalized spacial score (nSPS) is 15.1. The topological polar surface area (TPSA) is 92.8 Å². The van der Waals surface area contributed by atoms with Crippen LogP contribution in [0.5, 0.6) is 0 Å². The fourth-order valence-corrected chi connectivity index (χ4v) is 3.16. The van der Waals surface area contributed by atoms with Crippen molar-refractivity contribution < 1.29 is 23.9 Å². The van der Waals surface area contributed by atoms with E-state index in [4.69, 9.17) is 4.74 Å². The molecule has 26 heavy (non-hydrogen) atoms. The summed E-state index contributed by atoms with van der Waals surface area (Å²) in [4.78, 5) is 48.0. The molecule has 0 saturated carbocycles. The third kappa shape index (κ3) is 5.32. The van der Waals surface area contributed by atoms with Crippen LogP contribution in [0.3, 0.4) is 0 Å². The first-order valence-corrected chi connectivity index (χ1v) is 9.27. The molecular formula is C18H22N2O5S. The predicted octanol–water partition coefficient (Wildman–Crippen LogP) is 1.59. The molecule has 1 aromatic carbocycles. The fourth-order valence-electron chi connectivity index (χ4n) is 2.40. The number of ether oxygens (including phenoxy) is 1. The number of aryl methyl sites for hydroxylation is 2. The van der Waals surface area contributed by atoms with Crippen LogP contribution in [-0.4, -0.2) is 52.9 Å². The largest absolute Gasteiger partial charge is 0.452 e. The number of nitrogens with one attached hydrogen (secondary N) is 1. The summed E-state index contributed by atoms with van der Waals surface area (Å²) < 4.78 is 5.15. The lowest BCUT2D eigenvalue weighted by atomic mass is 10.0. The van der Waals surface area contributed by atoms with E-state index in [0.29, 0.717) is 0 Å². The monoisotopic (exact) mass is 378 g/mol. The van der Waals surface area contributed by atoms with Gasteiger partial charge in [-0.05, 0) is 37.5 Å². The number of thioether (sulfide) groups is 1. The number of benzene rings is 1. The molecule has 0 bridgehead atoms. The Kier molecular flexibility index (Phi) is 6.79. The Bertz CT molecular complexity index is 718. The van der Waals surface area contributed by atoms with Crippen LogP contribution in [0.25, 0.3) is 0 Å². The fraction of sp³-hybridized carbons (Fsp3) is 0.444. The van der Waals surface area contributed by atoms with E-state index >= 15 is 0 Å². The average molecular weight is 378 g/mol. The number of carbonyl (C=O) groups is 4. The van der Waals surface area contributed by atoms with Gasteiger partial charge in [0, 0.05) is 13.1 Å². The number of esters is 1. The molecule has 0 aromatic heterocycles. The van der Waals surface area contributed by atoms with E-state index in [1.807, 2.05) is 32.0 Å². The van der Waals surface area contributed by atoms with Crippen molar-refractivity contribution in [3.8, 4) is 0 Å². The predicted molar refractivity (Wildman–Crippen MR) is 97.8 cm³/mol. The summed E-state index contributed by atoms with van der Waals surface area (Å²) in [6, 6.07) is 5.72. The van der Waals surface area contributed by atoms with E-state index in [1.165, 1.54) is 6.92 Å². The minimum atomic E-state index is -0.951. The van der Waals surface area contributed by atoms with Gasteiger partial charge in [-0.1, -0.05) is 30.0 Å². The molecule has 1 aliphatic rings. The zero-order chi connectivity index (χ0) is 19.3. The Morgan fingerprint density at radius 3 is 2.62 bits per heavy atom. The lowest BCUT2D eigenvalue weighted by Crippen LogP contribution is -2.41. The van der Waals surface area contributed by atoms with Gasteiger partial charge in [0.2, 0.25) is 5.91 Å². The van der Waals surface area contributed by atoms with Crippen LogP contribution >= 0.6 is 11.8 Å². The number of rotatable bonds is 7. The summed E-state index contributed by atoms with van der Waals surface area (Å²) in [6.07, 6.45) is -0.861. The number of hydrogen-bond donors (Lipinski definition) is 1. The minimum Gasteiger partial charge on any atom is -0.452 e. The second-order valence-corrected chi connectivity index (χ2v) is 7.05. The van der Waals surface area contributed by atoms with Crippen LogP contribution in [0.4, 0.5) is 4.79 Å². The maximum atomic E-state index is 12.0. The highest BCUT2D eigenvalue weighted by Gasteiger charge is 2.29. The van der Waals surface area contributed by atoms with Gasteiger partial charge in [0.15, 0.2) is 6.10 Å². The second kappa shape index (κ2) is 8.84. The summed E-state index contributed by atoms with van der Waals surface area (Å²) in [5.41, 5.74) is 3.06. The quantitative estimate of drug-likeness (QED) is 0.725. The van der Waals surface area contributed by atoms with E-state index in [9.17, 15) is 19.2 Å². The van der Waals surface area contributed by atoms with Crippen molar-refractivity contribution in [2.75, 3.05) is 18.8 Å². The molecule has 1 N–H and O–H groups in total. The molecule has 8 heteroatoms. The zero-order valence-corrected chi connectivity index (χ0v) is 15.9. The first kappa shape index (κ1) is 20.0. The molecule has 0 radical (unpaired) electrons. The smallest absolute Gasteiger partial charge is 0.311 e. The summed E-state index contributed by atoms with van der Waals surface area (Å²) >= 11 is 0.945. The van der Waals surface area contributed by atoms with E-state index in [2.05, 4.69) is 5.32 Å². The molecule has 1 fully saturated rings. The van der Waals surface area contributed by atoms with Crippen molar-refractivity contribution >= 4 is 34.8 Å². The molecule has 0 spiro atoms. The molecule has 1 aromatic rings. The van der Waals surface area contributed by atoms with E-state index in [-0.39, 0.29) is 36.4 Å². The Balaban J connectivity index is 1.75. The number of hydrogen-bond acceptors (Lipinski definition) is 6. The van der Waals surface area contributed by atoms with Crippen molar-refractivity contribution in [1.82, 2.24) is 10.2 Å². The van der Waals surface area contributed by atoms with Crippen molar-refractivity contribution in [3.05, 3.63) is 34.9 Å². The molecule has 0 aliphatic carbocycles. The van der Waals surface area contributed by atoms with Gasteiger partial charge in [0.1, 0.15) is 0 Å². The van der Waals surface area contributed by atoms with E-state index in [1.54, 1.807) is 0 Å². The average Bonchev–Trinajstić information content (AvgIpc) is 2.89. The van der Waals surface area contributed by atoms with E-state index < -0.39 is 18.0 Å².